The smallest absolute Gasteiger partial charge is 0.175 e. The standard InChI is InChI=1S/C21H23N3O3S/c1-28(25,26)17-7-8-19-18(13-17)20(24-15-23-19)22-14-21(9-11-27-12-10-21)16-5-3-2-4-6-16/h2-8,13,15H,9-12,14H2,1H3,(H,22,23,24). The average molecular weight is 398 g/mol. The fourth-order valence-electron chi connectivity index (χ4n) is 3.78. The molecule has 1 saturated heterocycles. The lowest BCUT2D eigenvalue weighted by Gasteiger charge is -2.38. The van der Waals surface area contributed by atoms with Crippen LogP contribution in [0.4, 0.5) is 5.82 Å². The molecule has 1 N–H and O–H groups in total. The molecule has 0 saturated carbocycles. The van der Waals surface area contributed by atoms with Gasteiger partial charge in [0.15, 0.2) is 9.84 Å². The van der Waals surface area contributed by atoms with Crippen molar-refractivity contribution in [2.24, 2.45) is 0 Å². The molecule has 0 amide bonds. The Morgan fingerprint density at radius 2 is 1.82 bits per heavy atom. The predicted molar refractivity (Wildman–Crippen MR) is 109 cm³/mol. The number of nitrogens with zero attached hydrogens (tertiary/aromatic N) is 2. The van der Waals surface area contributed by atoms with E-state index in [1.807, 2.05) is 6.07 Å². The number of nitrogens with one attached hydrogen (secondary N) is 1. The molecule has 2 aromatic carbocycles. The molecular formula is C21H23N3O3S. The fourth-order valence-corrected chi connectivity index (χ4v) is 4.43. The number of ether oxygens (including phenoxy) is 1. The summed E-state index contributed by atoms with van der Waals surface area (Å²) in [6.07, 6.45) is 4.55. The Morgan fingerprint density at radius 1 is 1.07 bits per heavy atom. The molecule has 0 radical (unpaired) electrons. The second-order valence-corrected chi connectivity index (χ2v) is 9.30. The van der Waals surface area contributed by atoms with Crippen LogP contribution in [0.3, 0.4) is 0 Å². The van der Waals surface area contributed by atoms with Crippen LogP contribution in [0.15, 0.2) is 59.8 Å². The largest absolute Gasteiger partial charge is 0.381 e. The van der Waals surface area contributed by atoms with Gasteiger partial charge in [0, 0.05) is 36.8 Å². The minimum absolute atomic E-state index is 0.0504. The highest BCUT2D eigenvalue weighted by Gasteiger charge is 2.34. The zero-order valence-corrected chi connectivity index (χ0v) is 16.6. The van der Waals surface area contributed by atoms with E-state index in [9.17, 15) is 8.42 Å². The van der Waals surface area contributed by atoms with Crippen molar-refractivity contribution >= 4 is 26.6 Å². The highest BCUT2D eigenvalue weighted by Crippen LogP contribution is 2.35. The van der Waals surface area contributed by atoms with Crippen molar-refractivity contribution in [3.05, 3.63) is 60.4 Å². The van der Waals surface area contributed by atoms with Crippen LogP contribution in [-0.2, 0) is 20.0 Å². The number of hydrogen-bond donors (Lipinski definition) is 1. The van der Waals surface area contributed by atoms with Crippen molar-refractivity contribution in [3.8, 4) is 0 Å². The van der Waals surface area contributed by atoms with Gasteiger partial charge in [-0.3, -0.25) is 0 Å². The molecule has 7 heteroatoms. The summed E-state index contributed by atoms with van der Waals surface area (Å²) < 4.78 is 29.5. The Bertz CT molecular complexity index is 1080. The van der Waals surface area contributed by atoms with Crippen molar-refractivity contribution in [3.63, 3.8) is 0 Å². The molecule has 4 rings (SSSR count). The molecule has 0 atom stereocenters. The predicted octanol–water partition coefficient (Wildman–Crippen LogP) is 3.19. The van der Waals surface area contributed by atoms with Gasteiger partial charge in [-0.15, -0.1) is 0 Å². The molecule has 0 aliphatic carbocycles. The van der Waals surface area contributed by atoms with Gasteiger partial charge in [-0.2, -0.15) is 0 Å². The number of sulfone groups is 1. The summed E-state index contributed by atoms with van der Waals surface area (Å²) in [5.41, 5.74) is 1.94. The monoisotopic (exact) mass is 397 g/mol. The topological polar surface area (TPSA) is 81.2 Å². The van der Waals surface area contributed by atoms with Crippen LogP contribution in [0, 0.1) is 0 Å². The zero-order chi connectivity index (χ0) is 19.6. The third-order valence-corrected chi connectivity index (χ3v) is 6.58. The van der Waals surface area contributed by atoms with E-state index < -0.39 is 9.84 Å². The summed E-state index contributed by atoms with van der Waals surface area (Å²) in [4.78, 5) is 8.93. The first kappa shape index (κ1) is 18.8. The summed E-state index contributed by atoms with van der Waals surface area (Å²) in [6, 6.07) is 15.4. The molecule has 0 bridgehead atoms. The molecule has 1 aliphatic heterocycles. The maximum atomic E-state index is 12.0. The summed E-state index contributed by atoms with van der Waals surface area (Å²) in [5.74, 6) is 0.650. The molecule has 0 unspecified atom stereocenters. The first-order valence-corrected chi connectivity index (χ1v) is 11.2. The minimum atomic E-state index is -3.30. The van der Waals surface area contributed by atoms with E-state index >= 15 is 0 Å². The Hall–Kier alpha value is -2.51. The van der Waals surface area contributed by atoms with Crippen LogP contribution in [0.1, 0.15) is 18.4 Å². The van der Waals surface area contributed by atoms with Gasteiger partial charge in [0.1, 0.15) is 12.1 Å². The third kappa shape index (κ3) is 3.72. The molecule has 1 fully saturated rings. The Labute approximate surface area is 164 Å². The van der Waals surface area contributed by atoms with E-state index in [-0.39, 0.29) is 10.3 Å². The van der Waals surface area contributed by atoms with Gasteiger partial charge in [0.05, 0.1) is 10.4 Å². The molecule has 1 aliphatic rings. The Balaban J connectivity index is 1.69. The van der Waals surface area contributed by atoms with Crippen LogP contribution >= 0.6 is 0 Å². The third-order valence-electron chi connectivity index (χ3n) is 5.47. The van der Waals surface area contributed by atoms with E-state index in [0.29, 0.717) is 23.3 Å². The summed E-state index contributed by atoms with van der Waals surface area (Å²) in [6.45, 7) is 2.13. The second kappa shape index (κ2) is 7.48. The molecule has 0 spiro atoms. The summed E-state index contributed by atoms with van der Waals surface area (Å²) >= 11 is 0. The van der Waals surface area contributed by atoms with Gasteiger partial charge >= 0.3 is 0 Å². The number of anilines is 1. The number of aromatic nitrogens is 2. The molecular weight excluding hydrogens is 374 g/mol. The zero-order valence-electron chi connectivity index (χ0n) is 15.8. The van der Waals surface area contributed by atoms with Crippen molar-refractivity contribution in [1.29, 1.82) is 0 Å². The normalized spacial score (nSPS) is 16.8. The summed E-state index contributed by atoms with van der Waals surface area (Å²) in [5, 5.41) is 4.18. The van der Waals surface area contributed by atoms with Gasteiger partial charge in [0.2, 0.25) is 0 Å². The molecule has 3 aromatic rings. The van der Waals surface area contributed by atoms with Crippen LogP contribution < -0.4 is 5.32 Å². The highest BCUT2D eigenvalue weighted by molar-refractivity contribution is 7.90. The maximum absolute atomic E-state index is 12.0. The Kier molecular flexibility index (Phi) is 5.03. The second-order valence-electron chi connectivity index (χ2n) is 7.29. The van der Waals surface area contributed by atoms with Gasteiger partial charge in [0.25, 0.3) is 0 Å². The fraction of sp³-hybridized carbons (Fsp3) is 0.333. The number of rotatable bonds is 5. The quantitative estimate of drug-likeness (QED) is 0.712. The number of hydrogen-bond acceptors (Lipinski definition) is 6. The lowest BCUT2D eigenvalue weighted by Crippen LogP contribution is -2.40. The van der Waals surface area contributed by atoms with E-state index in [4.69, 9.17) is 4.74 Å². The van der Waals surface area contributed by atoms with Crippen LogP contribution in [0.25, 0.3) is 10.9 Å². The van der Waals surface area contributed by atoms with Crippen molar-refractivity contribution in [2.75, 3.05) is 31.3 Å². The molecule has 146 valence electrons. The average Bonchev–Trinajstić information content (AvgIpc) is 2.72. The van der Waals surface area contributed by atoms with Crippen LogP contribution in [0.2, 0.25) is 0 Å². The Morgan fingerprint density at radius 3 is 2.54 bits per heavy atom. The first-order chi connectivity index (χ1) is 13.5. The van der Waals surface area contributed by atoms with Crippen molar-refractivity contribution in [1.82, 2.24) is 9.97 Å². The highest BCUT2D eigenvalue weighted by atomic mass is 32.2. The molecule has 6 nitrogen and oxygen atoms in total. The van der Waals surface area contributed by atoms with Gasteiger partial charge in [-0.05, 0) is 36.6 Å². The van der Waals surface area contributed by atoms with Gasteiger partial charge in [-0.25, -0.2) is 18.4 Å². The van der Waals surface area contributed by atoms with Crippen LogP contribution in [-0.4, -0.2) is 44.4 Å². The first-order valence-electron chi connectivity index (χ1n) is 9.30. The van der Waals surface area contributed by atoms with E-state index in [2.05, 4.69) is 39.6 Å². The molecule has 1 aromatic heterocycles. The lowest BCUT2D eigenvalue weighted by molar-refractivity contribution is 0.0544. The van der Waals surface area contributed by atoms with Crippen molar-refractivity contribution in [2.45, 2.75) is 23.2 Å². The van der Waals surface area contributed by atoms with E-state index in [1.165, 1.54) is 18.1 Å². The molecule has 28 heavy (non-hydrogen) atoms. The van der Waals surface area contributed by atoms with Gasteiger partial charge < -0.3 is 10.1 Å². The summed E-state index contributed by atoms with van der Waals surface area (Å²) in [7, 11) is -3.30. The van der Waals surface area contributed by atoms with Gasteiger partial charge in [-0.1, -0.05) is 30.3 Å². The van der Waals surface area contributed by atoms with Crippen LogP contribution in [0.5, 0.6) is 0 Å². The van der Waals surface area contributed by atoms with E-state index in [1.54, 1.807) is 18.2 Å². The van der Waals surface area contributed by atoms with Crippen molar-refractivity contribution < 1.29 is 13.2 Å². The minimum Gasteiger partial charge on any atom is -0.381 e. The lowest BCUT2D eigenvalue weighted by atomic mass is 9.74. The SMILES string of the molecule is CS(=O)(=O)c1ccc2ncnc(NCC3(c4ccccc4)CCOCC3)c2c1. The number of benzene rings is 2. The molecule has 2 heterocycles. The number of fused-ring (bicyclic) bond motifs is 1. The maximum Gasteiger partial charge on any atom is 0.175 e. The van der Waals surface area contributed by atoms with E-state index in [0.717, 1.165) is 26.1 Å².